The summed E-state index contributed by atoms with van der Waals surface area (Å²) >= 11 is 13.6. The maximum Gasteiger partial charge on any atom is 0.297 e. The van der Waals surface area contributed by atoms with Crippen LogP contribution in [0.1, 0.15) is 32.7 Å². The molecule has 0 aliphatic carbocycles. The van der Waals surface area contributed by atoms with E-state index in [-0.39, 0.29) is 22.3 Å². The lowest BCUT2D eigenvalue weighted by atomic mass is 9.98. The summed E-state index contributed by atoms with van der Waals surface area (Å²) in [7, 11) is 1.51. The molecule has 7 nitrogen and oxygen atoms in total. The normalized spacial score (nSPS) is 15.5. The van der Waals surface area contributed by atoms with Gasteiger partial charge >= 0.3 is 0 Å². The first kappa shape index (κ1) is 20.0. The second kappa shape index (κ2) is 7.33. The summed E-state index contributed by atoms with van der Waals surface area (Å²) in [6.45, 7) is 1.78. The van der Waals surface area contributed by atoms with Crippen LogP contribution in [-0.2, 0) is 0 Å². The number of rotatable bonds is 3. The van der Waals surface area contributed by atoms with Crippen molar-refractivity contribution >= 4 is 56.5 Å². The minimum atomic E-state index is -0.785. The zero-order valence-electron chi connectivity index (χ0n) is 16.2. The minimum Gasteiger partial charge on any atom is -0.497 e. The van der Waals surface area contributed by atoms with Crippen molar-refractivity contribution in [1.29, 1.82) is 0 Å². The van der Waals surface area contributed by atoms with Crippen molar-refractivity contribution < 1.29 is 13.9 Å². The van der Waals surface area contributed by atoms with Crippen LogP contribution in [0.25, 0.3) is 11.0 Å². The predicted octanol–water partition coefficient (Wildman–Crippen LogP) is 5.02. The highest BCUT2D eigenvalue weighted by Gasteiger charge is 2.45. The van der Waals surface area contributed by atoms with Crippen molar-refractivity contribution in [2.75, 3.05) is 12.0 Å². The first-order chi connectivity index (χ1) is 14.9. The van der Waals surface area contributed by atoms with Gasteiger partial charge in [-0.05, 0) is 36.8 Å². The number of anilines is 1. The van der Waals surface area contributed by atoms with E-state index < -0.39 is 11.9 Å². The highest BCUT2D eigenvalue weighted by atomic mass is 35.5. The number of amides is 1. The molecule has 31 heavy (non-hydrogen) atoms. The Hall–Kier alpha value is -2.94. The average Bonchev–Trinajstić information content (AvgIpc) is 3.31. The highest BCUT2D eigenvalue weighted by Crippen LogP contribution is 2.43. The zero-order valence-corrected chi connectivity index (χ0v) is 18.5. The largest absolute Gasteiger partial charge is 0.497 e. The molecule has 0 spiro atoms. The molecule has 156 valence electrons. The van der Waals surface area contributed by atoms with E-state index in [1.165, 1.54) is 23.3 Å². The lowest BCUT2D eigenvalue weighted by molar-refractivity contribution is 0.0970. The van der Waals surface area contributed by atoms with Crippen LogP contribution in [0.5, 0.6) is 5.75 Å². The number of fused-ring (bicyclic) bond motifs is 2. The van der Waals surface area contributed by atoms with Crippen LogP contribution >= 0.6 is 34.5 Å². The number of halogens is 2. The Labute approximate surface area is 189 Å². The Kier molecular flexibility index (Phi) is 4.73. The molecule has 0 radical (unpaired) electrons. The van der Waals surface area contributed by atoms with Crippen molar-refractivity contribution in [3.05, 3.63) is 78.6 Å². The van der Waals surface area contributed by atoms with Crippen molar-refractivity contribution in [1.82, 2.24) is 10.2 Å². The smallest absolute Gasteiger partial charge is 0.297 e. The number of methoxy groups -OCH3 is 1. The van der Waals surface area contributed by atoms with Gasteiger partial charge in [0.15, 0.2) is 5.43 Å². The second-order valence-corrected chi connectivity index (χ2v) is 8.87. The van der Waals surface area contributed by atoms with Crippen LogP contribution in [0.15, 0.2) is 45.6 Å². The number of hydrogen-bond donors (Lipinski definition) is 0. The third kappa shape index (κ3) is 3.10. The molecule has 3 heterocycles. The molecule has 1 amide bonds. The van der Waals surface area contributed by atoms with Crippen molar-refractivity contribution in [2.45, 2.75) is 13.0 Å². The topological polar surface area (TPSA) is 85.5 Å². The van der Waals surface area contributed by atoms with Crippen LogP contribution < -0.4 is 15.1 Å². The van der Waals surface area contributed by atoms with Gasteiger partial charge < -0.3 is 9.15 Å². The Morgan fingerprint density at radius 3 is 2.58 bits per heavy atom. The number of nitrogens with zero attached hydrogens (tertiary/aromatic N) is 3. The van der Waals surface area contributed by atoms with E-state index in [4.69, 9.17) is 32.4 Å². The van der Waals surface area contributed by atoms with Crippen molar-refractivity contribution in [3.63, 3.8) is 0 Å². The molecule has 2 aromatic heterocycles. The van der Waals surface area contributed by atoms with Crippen molar-refractivity contribution in [2.24, 2.45) is 0 Å². The molecular weight excluding hydrogens is 461 g/mol. The van der Waals surface area contributed by atoms with E-state index >= 15 is 0 Å². The molecule has 10 heteroatoms. The third-order valence-electron chi connectivity index (χ3n) is 5.06. The number of carbonyl (C=O) groups excluding carboxylic acids is 1. The van der Waals surface area contributed by atoms with Crippen LogP contribution in [0.2, 0.25) is 10.0 Å². The predicted molar refractivity (Wildman–Crippen MR) is 119 cm³/mol. The molecule has 0 unspecified atom stereocenters. The molecule has 2 aromatic carbocycles. The van der Waals surface area contributed by atoms with E-state index in [0.717, 1.165) is 0 Å². The van der Waals surface area contributed by atoms with Gasteiger partial charge in [0.1, 0.15) is 16.3 Å². The maximum absolute atomic E-state index is 13.5. The molecule has 0 fully saturated rings. The summed E-state index contributed by atoms with van der Waals surface area (Å²) in [6, 6.07) is 9.06. The summed E-state index contributed by atoms with van der Waals surface area (Å²) in [5, 5.41) is 10.2. The van der Waals surface area contributed by atoms with Gasteiger partial charge in [0.25, 0.3) is 5.91 Å². The Balaban J connectivity index is 1.81. The van der Waals surface area contributed by atoms with Crippen molar-refractivity contribution in [3.8, 4) is 5.75 Å². The molecule has 1 aliphatic heterocycles. The summed E-state index contributed by atoms with van der Waals surface area (Å²) in [5.41, 5.74) is 0.773. The first-order valence-corrected chi connectivity index (χ1v) is 10.7. The van der Waals surface area contributed by atoms with Crippen LogP contribution in [0.4, 0.5) is 5.13 Å². The molecule has 1 aliphatic rings. The molecule has 0 saturated carbocycles. The van der Waals surface area contributed by atoms with Gasteiger partial charge in [-0.1, -0.05) is 40.6 Å². The molecule has 0 bridgehead atoms. The number of aromatic nitrogens is 2. The lowest BCUT2D eigenvalue weighted by Crippen LogP contribution is -2.29. The number of carbonyl (C=O) groups is 1. The molecule has 0 N–H and O–H groups in total. The van der Waals surface area contributed by atoms with E-state index in [0.29, 0.717) is 36.9 Å². The molecule has 4 aromatic rings. The summed E-state index contributed by atoms with van der Waals surface area (Å²) in [6.07, 6.45) is 0. The summed E-state index contributed by atoms with van der Waals surface area (Å²) < 4.78 is 11.1. The van der Waals surface area contributed by atoms with Gasteiger partial charge in [-0.3, -0.25) is 14.5 Å². The van der Waals surface area contributed by atoms with Gasteiger partial charge in [-0.25, -0.2) is 0 Å². The lowest BCUT2D eigenvalue weighted by Gasteiger charge is -2.22. The average molecular weight is 474 g/mol. The van der Waals surface area contributed by atoms with Gasteiger partial charge in [-0.2, -0.15) is 0 Å². The van der Waals surface area contributed by atoms with Gasteiger partial charge in [0.2, 0.25) is 10.9 Å². The van der Waals surface area contributed by atoms with Crippen LogP contribution in [-0.4, -0.2) is 23.2 Å². The monoisotopic (exact) mass is 473 g/mol. The summed E-state index contributed by atoms with van der Waals surface area (Å²) in [5.74, 6) is -0.0163. The SMILES string of the molecule is COc1ccc2c(=O)c3c(oc2c1)C(=O)N(c1nnc(C)s1)[C@@H]3c1ccc(Cl)c(Cl)c1. The number of aryl methyl sites for hydroxylation is 1. The van der Waals surface area contributed by atoms with Gasteiger partial charge in [-0.15, -0.1) is 10.2 Å². The fourth-order valence-electron chi connectivity index (χ4n) is 3.66. The Morgan fingerprint density at radius 2 is 1.90 bits per heavy atom. The fourth-order valence-corrected chi connectivity index (χ4v) is 4.68. The van der Waals surface area contributed by atoms with Gasteiger partial charge in [0, 0.05) is 6.07 Å². The second-order valence-electron chi connectivity index (χ2n) is 6.89. The Morgan fingerprint density at radius 1 is 1.10 bits per heavy atom. The fraction of sp³-hybridized carbons (Fsp3) is 0.143. The van der Waals surface area contributed by atoms with Crippen LogP contribution in [0.3, 0.4) is 0 Å². The molecule has 1 atom stereocenters. The Bertz CT molecular complexity index is 1430. The van der Waals surface area contributed by atoms with E-state index in [1.807, 2.05) is 0 Å². The molecule has 0 saturated heterocycles. The molecular formula is C21H13Cl2N3O4S. The summed E-state index contributed by atoms with van der Waals surface area (Å²) in [4.78, 5) is 28.4. The first-order valence-electron chi connectivity index (χ1n) is 9.12. The number of hydrogen-bond acceptors (Lipinski definition) is 7. The van der Waals surface area contributed by atoms with E-state index in [9.17, 15) is 9.59 Å². The standard InChI is InChI=1S/C21H13Cl2N3O4S/c1-9-24-25-21(31-9)26-17(10-3-6-13(22)14(23)7-10)16-18(27)12-5-4-11(29-2)8-15(12)30-19(16)20(26)28/h3-8,17H,1-2H3/t17-/m1/s1. The van der Waals surface area contributed by atoms with Gasteiger partial charge in [0.05, 0.1) is 34.1 Å². The quantitative estimate of drug-likeness (QED) is 0.415. The minimum absolute atomic E-state index is 0.0466. The molecule has 5 rings (SSSR count). The van der Waals surface area contributed by atoms with Crippen LogP contribution in [0, 0.1) is 6.92 Å². The maximum atomic E-state index is 13.5. The zero-order chi connectivity index (χ0) is 21.9. The van der Waals surface area contributed by atoms with E-state index in [2.05, 4.69) is 10.2 Å². The number of ether oxygens (including phenoxy) is 1. The van der Waals surface area contributed by atoms with E-state index in [1.54, 1.807) is 43.3 Å². The third-order valence-corrected chi connectivity index (χ3v) is 6.64. The number of benzene rings is 2. The highest BCUT2D eigenvalue weighted by molar-refractivity contribution is 7.15.